The number of benzene rings is 5. The Hall–Kier alpha value is -6.79. The molecule has 8 heteroatoms. The summed E-state index contributed by atoms with van der Waals surface area (Å²) in [6, 6.07) is 48.3. The first-order valence-corrected chi connectivity index (χ1v) is 21.4. The van der Waals surface area contributed by atoms with Crippen LogP contribution in [0.1, 0.15) is 61.7 Å². The van der Waals surface area contributed by atoms with Crippen LogP contribution < -0.4 is 10.5 Å². The van der Waals surface area contributed by atoms with E-state index < -0.39 is 11.6 Å². The molecule has 1 N–H and O–H groups in total. The Morgan fingerprint density at radius 2 is 1.13 bits per heavy atom. The minimum atomic E-state index is -1.25. The fourth-order valence-electron chi connectivity index (χ4n) is 9.22. The van der Waals surface area contributed by atoms with E-state index in [1.807, 2.05) is 42.5 Å². The van der Waals surface area contributed by atoms with Gasteiger partial charge in [-0.3, -0.25) is 0 Å². The summed E-state index contributed by atoms with van der Waals surface area (Å²) in [6.45, 7) is 10.8. The predicted octanol–water partition coefficient (Wildman–Crippen LogP) is 13.7. The van der Waals surface area contributed by atoms with E-state index in [1.54, 1.807) is 13.0 Å². The molecule has 0 bridgehead atoms. The maximum absolute atomic E-state index is 13.8. The van der Waals surface area contributed by atoms with Crippen LogP contribution in [0.3, 0.4) is 0 Å². The molecule has 0 saturated heterocycles. The van der Waals surface area contributed by atoms with E-state index in [0.29, 0.717) is 21.6 Å². The quantitative estimate of drug-likeness (QED) is 0.0978. The molecule has 3 heterocycles. The van der Waals surface area contributed by atoms with Crippen LogP contribution in [-0.4, -0.2) is 11.1 Å². The van der Waals surface area contributed by atoms with Gasteiger partial charge in [0, 0.05) is 58.9 Å². The average Bonchev–Trinajstić information content (AvgIpc) is 4.02. The number of rotatable bonds is 7. The fraction of sp³-hybridized carbons (Fsp3) is 0.135. The van der Waals surface area contributed by atoms with Crippen LogP contribution in [0.2, 0.25) is 0 Å². The summed E-state index contributed by atoms with van der Waals surface area (Å²) in [5, 5.41) is 19.6. The van der Waals surface area contributed by atoms with E-state index in [2.05, 4.69) is 124 Å². The zero-order valence-electron chi connectivity index (χ0n) is 33.6. The number of allylic oxidation sites excluding steroid dienone is 1. The molecule has 0 spiro atoms. The van der Waals surface area contributed by atoms with Crippen molar-refractivity contribution in [3.8, 4) is 48.5 Å². The summed E-state index contributed by atoms with van der Waals surface area (Å²) < 4.78 is 6.15. The maximum atomic E-state index is 13.8. The first-order chi connectivity index (χ1) is 28.8. The highest BCUT2D eigenvalue weighted by molar-refractivity contribution is 7.24. The van der Waals surface area contributed by atoms with Crippen LogP contribution in [0, 0.1) is 11.3 Å². The number of nitriles is 1. The second-order valence-electron chi connectivity index (χ2n) is 16.6. The van der Waals surface area contributed by atoms with Crippen molar-refractivity contribution in [2.45, 2.75) is 45.4 Å². The number of hydrogen-bond donors (Lipinski definition) is 1. The smallest absolute Gasteiger partial charge is 0.346 e. The molecular weight excluding hydrogens is 781 g/mol. The molecule has 6 nitrogen and oxygen atoms in total. The average molecular weight is 819 g/mol. The molecule has 2 aliphatic rings. The Labute approximate surface area is 355 Å². The van der Waals surface area contributed by atoms with Gasteiger partial charge in [-0.1, -0.05) is 88.4 Å². The topological polar surface area (TPSA) is 94.5 Å². The minimum Gasteiger partial charge on any atom is -0.477 e. The van der Waals surface area contributed by atoms with Crippen molar-refractivity contribution < 1.29 is 14.3 Å². The zero-order chi connectivity index (χ0) is 41.7. The number of nitrogens with zero attached hydrogens (tertiary/aromatic N) is 2. The second-order valence-corrected chi connectivity index (χ2v) is 18.7. The van der Waals surface area contributed by atoms with E-state index in [4.69, 9.17) is 4.42 Å². The number of thiophene rings is 2. The second kappa shape index (κ2) is 13.6. The van der Waals surface area contributed by atoms with E-state index in [9.17, 15) is 20.0 Å². The highest BCUT2D eigenvalue weighted by Gasteiger charge is 2.37. The van der Waals surface area contributed by atoms with Gasteiger partial charge in [-0.15, -0.1) is 22.7 Å². The monoisotopic (exact) mass is 818 g/mol. The summed E-state index contributed by atoms with van der Waals surface area (Å²) >= 11 is 2.87. The number of fused-ring (bicyclic) bond motifs is 7. The Morgan fingerprint density at radius 3 is 1.73 bits per heavy atom. The zero-order valence-corrected chi connectivity index (χ0v) is 35.2. The SMILES string of the molecule is C/C(=C(/C#N)C(=O)O)c1ccc(-c2ccc(-c3cc4ccc(N(c5ccc6c(c5)C(C)(C)c5ccccc5-6)c5ccc6c(c5)C(C)(C)c5ccccc5-6)cc4oc3=O)s2)s1. The minimum absolute atomic E-state index is 0.188. The van der Waals surface area contributed by atoms with Gasteiger partial charge in [0.15, 0.2) is 0 Å². The predicted molar refractivity (Wildman–Crippen MR) is 245 cm³/mol. The van der Waals surface area contributed by atoms with Crippen molar-refractivity contribution in [2.24, 2.45) is 0 Å². The van der Waals surface area contributed by atoms with Crippen LogP contribution in [0.25, 0.3) is 59.0 Å². The molecule has 0 atom stereocenters. The lowest BCUT2D eigenvalue weighted by Gasteiger charge is -2.29. The summed E-state index contributed by atoms with van der Waals surface area (Å²) in [5.41, 5.74) is 13.4. The first-order valence-electron chi connectivity index (χ1n) is 19.8. The number of carbonyl (C=O) groups is 1. The van der Waals surface area contributed by atoms with Crippen molar-refractivity contribution in [2.75, 3.05) is 4.90 Å². The molecule has 2 aliphatic carbocycles. The van der Waals surface area contributed by atoms with Gasteiger partial charge in [-0.25, -0.2) is 9.59 Å². The summed E-state index contributed by atoms with van der Waals surface area (Å²) in [5.74, 6) is -1.25. The summed E-state index contributed by atoms with van der Waals surface area (Å²) in [4.78, 5) is 31.0. The first kappa shape index (κ1) is 37.5. The molecule has 0 saturated carbocycles. The van der Waals surface area contributed by atoms with Gasteiger partial charge in [0.25, 0.3) is 0 Å². The number of aliphatic carboxylic acids is 1. The van der Waals surface area contributed by atoms with Gasteiger partial charge in [0.2, 0.25) is 0 Å². The number of anilines is 3. The third-order valence-electron chi connectivity index (χ3n) is 12.4. The van der Waals surface area contributed by atoms with Gasteiger partial charge >= 0.3 is 11.6 Å². The molecule has 0 amide bonds. The molecule has 60 heavy (non-hydrogen) atoms. The highest BCUT2D eigenvalue weighted by Crippen LogP contribution is 2.53. The molecule has 8 aromatic rings. The van der Waals surface area contributed by atoms with Crippen molar-refractivity contribution >= 4 is 62.2 Å². The van der Waals surface area contributed by atoms with E-state index in [0.717, 1.165) is 37.1 Å². The van der Waals surface area contributed by atoms with Crippen LogP contribution in [-0.2, 0) is 15.6 Å². The highest BCUT2D eigenvalue weighted by atomic mass is 32.1. The van der Waals surface area contributed by atoms with Crippen molar-refractivity contribution in [3.05, 3.63) is 177 Å². The van der Waals surface area contributed by atoms with Crippen LogP contribution >= 0.6 is 22.7 Å². The molecule has 10 rings (SSSR count). The molecule has 5 aromatic carbocycles. The van der Waals surface area contributed by atoms with Gasteiger partial charge in [-0.05, 0) is 124 Å². The lowest BCUT2D eigenvalue weighted by atomic mass is 9.82. The normalized spacial score (nSPS) is 14.5. The Kier molecular flexibility index (Phi) is 8.52. The maximum Gasteiger partial charge on any atom is 0.346 e. The van der Waals surface area contributed by atoms with Crippen molar-refractivity contribution in [3.63, 3.8) is 0 Å². The van der Waals surface area contributed by atoms with Gasteiger partial charge in [0.1, 0.15) is 17.2 Å². The molecular formula is C52H38N2O4S2. The fourth-order valence-corrected chi connectivity index (χ4v) is 11.3. The molecule has 3 aromatic heterocycles. The third kappa shape index (κ3) is 5.72. The van der Waals surface area contributed by atoms with Gasteiger partial charge < -0.3 is 14.4 Å². The number of hydrogen-bond acceptors (Lipinski definition) is 7. The van der Waals surface area contributed by atoms with E-state index >= 15 is 0 Å². The van der Waals surface area contributed by atoms with Crippen LogP contribution in [0.4, 0.5) is 17.1 Å². The Bertz CT molecular complexity index is 3150. The third-order valence-corrected chi connectivity index (χ3v) is 14.9. The summed E-state index contributed by atoms with van der Waals surface area (Å²) in [6.07, 6.45) is 0. The van der Waals surface area contributed by atoms with Crippen LogP contribution in [0.5, 0.6) is 0 Å². The Morgan fingerprint density at radius 1 is 0.617 bits per heavy atom. The number of carboxylic acids is 1. The van der Waals surface area contributed by atoms with Gasteiger partial charge in [0.05, 0.1) is 5.56 Å². The summed E-state index contributed by atoms with van der Waals surface area (Å²) in [7, 11) is 0. The molecule has 0 aliphatic heterocycles. The van der Waals surface area contributed by atoms with E-state index in [-0.39, 0.29) is 16.4 Å². The van der Waals surface area contributed by atoms with Crippen molar-refractivity contribution in [1.82, 2.24) is 0 Å². The van der Waals surface area contributed by atoms with Crippen LogP contribution in [0.15, 0.2) is 148 Å². The molecule has 0 unspecified atom stereocenters. The van der Waals surface area contributed by atoms with Crippen molar-refractivity contribution in [1.29, 1.82) is 5.26 Å². The molecule has 0 fully saturated rings. The molecule has 292 valence electrons. The lowest BCUT2D eigenvalue weighted by Crippen LogP contribution is -2.18. The lowest BCUT2D eigenvalue weighted by molar-refractivity contribution is -0.132. The van der Waals surface area contributed by atoms with E-state index in [1.165, 1.54) is 67.2 Å². The standard InChI is InChI=1S/C52H38N2O4S2/c1-29(39(28-53)49(55)56)45-20-22-47(59-45)48-23-21-46(60-48)38-24-30-14-15-33(27-44(30)58-50(38)57)54(31-16-18-36-34-10-6-8-12-40(34)51(2,3)42(36)25-31)32-17-19-37-35-11-7-9-13-41(35)52(4,5)43(37)26-32/h6-27H,1-5H3,(H,55,56)/b39-29+. The van der Waals surface area contributed by atoms with Gasteiger partial charge in [-0.2, -0.15) is 5.26 Å². The largest absolute Gasteiger partial charge is 0.477 e. The number of carboxylic acid groups (broad SMARTS) is 1. The Balaban J connectivity index is 1.06. The molecule has 0 radical (unpaired) electrons.